The molecule has 2 aromatic heterocycles. The fraction of sp³-hybridized carbons (Fsp3) is 0.412. The number of aryl methyl sites for hydroxylation is 3. The van der Waals surface area contributed by atoms with E-state index in [1.165, 1.54) is 0 Å². The predicted octanol–water partition coefficient (Wildman–Crippen LogP) is 2.31. The summed E-state index contributed by atoms with van der Waals surface area (Å²) in [4.78, 5) is 16.0. The normalized spacial score (nSPS) is 13.4. The van der Waals surface area contributed by atoms with E-state index in [0.717, 1.165) is 17.0 Å². The van der Waals surface area contributed by atoms with Crippen LogP contribution in [-0.4, -0.2) is 22.7 Å². The van der Waals surface area contributed by atoms with Gasteiger partial charge in [0.2, 0.25) is 0 Å². The van der Waals surface area contributed by atoms with Gasteiger partial charge in [0, 0.05) is 24.0 Å². The molecule has 0 unspecified atom stereocenters. The van der Waals surface area contributed by atoms with E-state index in [1.54, 1.807) is 26.1 Å². The first kappa shape index (κ1) is 17.0. The molecule has 0 radical (unpaired) electrons. The molecule has 0 aliphatic carbocycles. The van der Waals surface area contributed by atoms with E-state index in [1.807, 2.05) is 26.0 Å². The van der Waals surface area contributed by atoms with Gasteiger partial charge >= 0.3 is 6.03 Å². The number of aliphatic hydroxyl groups is 1. The molecular formula is C17H23N3O3. The van der Waals surface area contributed by atoms with Gasteiger partial charge in [0.15, 0.2) is 0 Å². The summed E-state index contributed by atoms with van der Waals surface area (Å²) in [7, 11) is 0. The number of carbonyl (C=O) groups is 1. The van der Waals surface area contributed by atoms with Gasteiger partial charge < -0.3 is 20.2 Å². The molecule has 0 aromatic carbocycles. The van der Waals surface area contributed by atoms with Crippen molar-refractivity contribution < 1.29 is 14.3 Å². The Morgan fingerprint density at radius 2 is 2.04 bits per heavy atom. The van der Waals surface area contributed by atoms with Crippen LogP contribution in [0.2, 0.25) is 0 Å². The van der Waals surface area contributed by atoms with Crippen LogP contribution >= 0.6 is 0 Å². The van der Waals surface area contributed by atoms with E-state index in [0.29, 0.717) is 17.9 Å². The molecule has 0 saturated carbocycles. The predicted molar refractivity (Wildman–Crippen MR) is 87.0 cm³/mol. The van der Waals surface area contributed by atoms with E-state index >= 15 is 0 Å². The maximum atomic E-state index is 11.9. The third-order valence-electron chi connectivity index (χ3n) is 3.64. The third kappa shape index (κ3) is 4.56. The highest BCUT2D eigenvalue weighted by molar-refractivity contribution is 5.73. The lowest BCUT2D eigenvalue weighted by atomic mass is 9.96. The number of nitrogens with one attached hydrogen (secondary N) is 2. The Morgan fingerprint density at radius 1 is 1.30 bits per heavy atom. The first-order valence-electron chi connectivity index (χ1n) is 7.51. The molecule has 6 nitrogen and oxygen atoms in total. The Hall–Kier alpha value is -2.34. The number of nitrogens with zero attached hydrogens (tertiary/aromatic N) is 1. The van der Waals surface area contributed by atoms with Gasteiger partial charge in [-0.15, -0.1) is 0 Å². The summed E-state index contributed by atoms with van der Waals surface area (Å²) in [6.07, 6.45) is 1.73. The van der Waals surface area contributed by atoms with Gasteiger partial charge in [0.25, 0.3) is 0 Å². The lowest BCUT2D eigenvalue weighted by Crippen LogP contribution is -2.43. The van der Waals surface area contributed by atoms with Crippen LogP contribution in [0.5, 0.6) is 0 Å². The van der Waals surface area contributed by atoms with Gasteiger partial charge in [0.1, 0.15) is 17.1 Å². The maximum absolute atomic E-state index is 11.9. The quantitative estimate of drug-likeness (QED) is 0.789. The van der Waals surface area contributed by atoms with E-state index in [-0.39, 0.29) is 12.6 Å². The van der Waals surface area contributed by atoms with E-state index < -0.39 is 5.60 Å². The Morgan fingerprint density at radius 3 is 2.61 bits per heavy atom. The zero-order valence-corrected chi connectivity index (χ0v) is 13.9. The summed E-state index contributed by atoms with van der Waals surface area (Å²) in [6.45, 7) is 7.64. The van der Waals surface area contributed by atoms with Gasteiger partial charge in [-0.2, -0.15) is 0 Å². The van der Waals surface area contributed by atoms with Crippen molar-refractivity contribution >= 4 is 6.03 Å². The van der Waals surface area contributed by atoms with Crippen molar-refractivity contribution in [3.8, 4) is 0 Å². The van der Waals surface area contributed by atoms with Gasteiger partial charge in [-0.3, -0.25) is 4.98 Å². The maximum Gasteiger partial charge on any atom is 0.315 e. The van der Waals surface area contributed by atoms with Gasteiger partial charge in [-0.05, 0) is 45.4 Å². The van der Waals surface area contributed by atoms with Crippen LogP contribution in [0.25, 0.3) is 0 Å². The number of furan rings is 1. The summed E-state index contributed by atoms with van der Waals surface area (Å²) in [6, 6.07) is 5.25. The highest BCUT2D eigenvalue weighted by Crippen LogP contribution is 2.26. The largest absolute Gasteiger partial charge is 0.466 e. The fourth-order valence-corrected chi connectivity index (χ4v) is 2.36. The van der Waals surface area contributed by atoms with Crippen LogP contribution in [-0.2, 0) is 12.1 Å². The standard InChI is InChI=1S/C17H23N3O3/c1-11-5-6-14(8-18-11)9-19-16(21)20-10-17(4,22)15-7-12(2)23-13(15)3/h5-8,22H,9-10H2,1-4H3,(H2,19,20,21)/t17-/m1/s1. The fourth-order valence-electron chi connectivity index (χ4n) is 2.36. The van der Waals surface area contributed by atoms with Crippen LogP contribution in [0.15, 0.2) is 28.8 Å². The van der Waals surface area contributed by atoms with Crippen molar-refractivity contribution in [1.29, 1.82) is 0 Å². The highest BCUT2D eigenvalue weighted by Gasteiger charge is 2.28. The summed E-state index contributed by atoms with van der Waals surface area (Å²) >= 11 is 0. The highest BCUT2D eigenvalue weighted by atomic mass is 16.3. The lowest BCUT2D eigenvalue weighted by molar-refractivity contribution is 0.0579. The minimum absolute atomic E-state index is 0.0881. The Bertz CT molecular complexity index is 675. The van der Waals surface area contributed by atoms with Gasteiger partial charge in [-0.1, -0.05) is 6.07 Å². The topological polar surface area (TPSA) is 87.4 Å². The molecule has 0 aliphatic rings. The van der Waals surface area contributed by atoms with Crippen molar-refractivity contribution in [2.24, 2.45) is 0 Å². The van der Waals surface area contributed by atoms with Crippen LogP contribution in [0.4, 0.5) is 4.79 Å². The molecule has 0 fully saturated rings. The molecule has 0 spiro atoms. The average Bonchev–Trinajstić information content (AvgIpc) is 2.84. The molecule has 2 aromatic rings. The van der Waals surface area contributed by atoms with E-state index in [4.69, 9.17) is 4.42 Å². The van der Waals surface area contributed by atoms with Crippen molar-refractivity contribution in [3.05, 3.63) is 52.7 Å². The van der Waals surface area contributed by atoms with E-state index in [2.05, 4.69) is 15.6 Å². The van der Waals surface area contributed by atoms with Crippen molar-refractivity contribution in [3.63, 3.8) is 0 Å². The minimum Gasteiger partial charge on any atom is -0.466 e. The molecule has 0 aliphatic heterocycles. The summed E-state index contributed by atoms with van der Waals surface area (Å²) in [5, 5.41) is 15.9. The second kappa shape index (κ2) is 6.83. The number of hydrogen-bond acceptors (Lipinski definition) is 4. The van der Waals surface area contributed by atoms with Crippen LogP contribution in [0.3, 0.4) is 0 Å². The molecule has 23 heavy (non-hydrogen) atoms. The van der Waals surface area contributed by atoms with Crippen LogP contribution in [0, 0.1) is 20.8 Å². The molecule has 0 saturated heterocycles. The molecule has 2 rings (SSSR count). The van der Waals surface area contributed by atoms with Crippen molar-refractivity contribution in [2.45, 2.75) is 39.8 Å². The summed E-state index contributed by atoms with van der Waals surface area (Å²) in [5.41, 5.74) is 1.33. The first-order valence-corrected chi connectivity index (χ1v) is 7.51. The molecule has 3 N–H and O–H groups in total. The Kier molecular flexibility index (Phi) is 5.05. The van der Waals surface area contributed by atoms with Gasteiger partial charge in [-0.25, -0.2) is 4.79 Å². The second-order valence-electron chi connectivity index (χ2n) is 5.94. The molecule has 6 heteroatoms. The smallest absolute Gasteiger partial charge is 0.315 e. The minimum atomic E-state index is -1.19. The monoisotopic (exact) mass is 317 g/mol. The van der Waals surface area contributed by atoms with Crippen LogP contribution in [0.1, 0.15) is 35.3 Å². The lowest BCUT2D eigenvalue weighted by Gasteiger charge is -2.23. The summed E-state index contributed by atoms with van der Waals surface area (Å²) < 4.78 is 5.43. The molecular weight excluding hydrogens is 294 g/mol. The molecule has 2 heterocycles. The van der Waals surface area contributed by atoms with E-state index in [9.17, 15) is 9.90 Å². The van der Waals surface area contributed by atoms with Gasteiger partial charge in [0.05, 0.1) is 6.54 Å². The van der Waals surface area contributed by atoms with Crippen molar-refractivity contribution in [1.82, 2.24) is 15.6 Å². The van der Waals surface area contributed by atoms with Crippen LogP contribution < -0.4 is 10.6 Å². The average molecular weight is 317 g/mol. The molecule has 0 bridgehead atoms. The summed E-state index contributed by atoms with van der Waals surface area (Å²) in [5.74, 6) is 1.38. The molecule has 124 valence electrons. The SMILES string of the molecule is Cc1ccc(CNC(=O)NC[C@@](C)(O)c2cc(C)oc2C)cn1. The zero-order valence-electron chi connectivity index (χ0n) is 13.9. The zero-order chi connectivity index (χ0) is 17.0. The molecule has 1 atom stereocenters. The number of rotatable bonds is 5. The Balaban J connectivity index is 1.86. The number of hydrogen-bond donors (Lipinski definition) is 3. The number of urea groups is 1. The Labute approximate surface area is 135 Å². The van der Waals surface area contributed by atoms with Crippen molar-refractivity contribution in [2.75, 3.05) is 6.54 Å². The second-order valence-corrected chi connectivity index (χ2v) is 5.94. The first-order chi connectivity index (χ1) is 10.8. The molecule has 2 amide bonds. The number of pyridine rings is 1. The number of amides is 2. The number of carbonyl (C=O) groups excluding carboxylic acids is 1. The third-order valence-corrected chi connectivity index (χ3v) is 3.64. The number of aromatic nitrogens is 1.